The molecule has 0 heterocycles. The zero-order valence-electron chi connectivity index (χ0n) is 11.7. The van der Waals surface area contributed by atoms with Crippen molar-refractivity contribution in [3.63, 3.8) is 0 Å². The van der Waals surface area contributed by atoms with Gasteiger partial charge < -0.3 is 14.6 Å². The predicted octanol–water partition coefficient (Wildman–Crippen LogP) is 0.984. The van der Waals surface area contributed by atoms with Crippen LogP contribution in [-0.2, 0) is 14.8 Å². The molecule has 0 fully saturated rings. The molecule has 1 aromatic carbocycles. The fraction of sp³-hybridized carbons (Fsp3) is 0.417. The van der Waals surface area contributed by atoms with E-state index in [0.29, 0.717) is 0 Å². The number of carboxylic acid groups (broad SMARTS) is 1. The average Bonchev–Trinajstić information content (AvgIpc) is 2.43. The number of hydrogen-bond donors (Lipinski definition) is 2. The Balaban J connectivity index is 3.28. The molecule has 2 N–H and O–H groups in total. The molecule has 0 spiro atoms. The summed E-state index contributed by atoms with van der Waals surface area (Å²) in [6.07, 6.45) is 0.0173. The third-order valence-electron chi connectivity index (χ3n) is 2.73. The van der Waals surface area contributed by atoms with Gasteiger partial charge in [0, 0.05) is 12.1 Å². The summed E-state index contributed by atoms with van der Waals surface area (Å²) in [5, 5.41) is 8.87. The molecule has 118 valence electrons. The normalized spacial score (nSPS) is 12.8. The van der Waals surface area contributed by atoms with Crippen LogP contribution in [0.3, 0.4) is 0 Å². The quantitative estimate of drug-likeness (QED) is 0.776. The highest BCUT2D eigenvalue weighted by molar-refractivity contribution is 7.89. The first-order valence-electron chi connectivity index (χ1n) is 5.93. The van der Waals surface area contributed by atoms with E-state index >= 15 is 0 Å². The van der Waals surface area contributed by atoms with Crippen LogP contribution >= 0.6 is 0 Å². The Morgan fingerprint density at radius 3 is 2.29 bits per heavy atom. The van der Waals surface area contributed by atoms with E-state index in [1.807, 2.05) is 4.72 Å². The van der Waals surface area contributed by atoms with Crippen LogP contribution < -0.4 is 14.2 Å². The Morgan fingerprint density at radius 2 is 1.86 bits per heavy atom. The molecule has 0 radical (unpaired) electrons. The van der Waals surface area contributed by atoms with E-state index in [2.05, 4.69) is 0 Å². The number of carbonyl (C=O) groups is 1. The Bertz CT molecular complexity index is 631. The van der Waals surface area contributed by atoms with Crippen molar-refractivity contribution in [1.29, 1.82) is 0 Å². The minimum absolute atomic E-state index is 0.0163. The Hall–Kier alpha value is -1.87. The molecule has 0 bridgehead atoms. The van der Waals surface area contributed by atoms with Crippen LogP contribution in [0.2, 0.25) is 0 Å². The van der Waals surface area contributed by atoms with Gasteiger partial charge >= 0.3 is 5.97 Å². The van der Waals surface area contributed by atoms with Crippen molar-refractivity contribution >= 4 is 16.0 Å². The van der Waals surface area contributed by atoms with E-state index < -0.39 is 32.7 Å². The summed E-state index contributed by atoms with van der Waals surface area (Å²) >= 11 is 0. The van der Waals surface area contributed by atoms with Crippen molar-refractivity contribution in [2.24, 2.45) is 0 Å². The minimum atomic E-state index is -4.35. The fourth-order valence-electron chi connectivity index (χ4n) is 1.60. The highest BCUT2D eigenvalue weighted by Gasteiger charge is 2.27. The van der Waals surface area contributed by atoms with Crippen molar-refractivity contribution in [2.45, 2.75) is 24.3 Å². The van der Waals surface area contributed by atoms with Gasteiger partial charge in [-0.1, -0.05) is 6.92 Å². The van der Waals surface area contributed by atoms with Gasteiger partial charge in [0.2, 0.25) is 10.0 Å². The van der Waals surface area contributed by atoms with Crippen molar-refractivity contribution in [2.75, 3.05) is 14.2 Å². The van der Waals surface area contributed by atoms with Crippen molar-refractivity contribution in [3.8, 4) is 11.5 Å². The number of halogens is 1. The number of methoxy groups -OCH3 is 2. The molecule has 9 heteroatoms. The smallest absolute Gasteiger partial charge is 0.321 e. The third kappa shape index (κ3) is 3.82. The Kier molecular flexibility index (Phi) is 5.50. The molecule has 7 nitrogen and oxygen atoms in total. The van der Waals surface area contributed by atoms with Gasteiger partial charge in [0.1, 0.15) is 16.8 Å². The molecular formula is C12H16FNO6S. The SMILES string of the molecule is CC[C@@H](NS(=O)(=O)c1cc(OC)c(OC)cc1F)C(=O)O. The van der Waals surface area contributed by atoms with Crippen molar-refractivity contribution in [3.05, 3.63) is 17.9 Å². The molecule has 0 amide bonds. The van der Waals surface area contributed by atoms with Crippen LogP contribution in [0, 0.1) is 5.82 Å². The lowest BCUT2D eigenvalue weighted by molar-refractivity contribution is -0.139. The molecule has 0 aliphatic heterocycles. The molecule has 1 atom stereocenters. The molecule has 0 saturated heterocycles. The highest BCUT2D eigenvalue weighted by Crippen LogP contribution is 2.31. The number of rotatable bonds is 7. The number of sulfonamides is 1. The third-order valence-corrected chi connectivity index (χ3v) is 4.22. The van der Waals surface area contributed by atoms with Gasteiger partial charge in [0.05, 0.1) is 14.2 Å². The molecule has 1 rings (SSSR count). The van der Waals surface area contributed by atoms with E-state index in [1.165, 1.54) is 21.1 Å². The second-order valence-electron chi connectivity index (χ2n) is 4.06. The zero-order valence-corrected chi connectivity index (χ0v) is 12.5. The van der Waals surface area contributed by atoms with E-state index in [1.54, 1.807) is 0 Å². The average molecular weight is 321 g/mol. The summed E-state index contributed by atoms with van der Waals surface area (Å²) in [6.45, 7) is 1.49. The molecule has 0 aliphatic carbocycles. The van der Waals surface area contributed by atoms with Crippen LogP contribution in [0.5, 0.6) is 11.5 Å². The maximum Gasteiger partial charge on any atom is 0.321 e. The molecular weight excluding hydrogens is 305 g/mol. The lowest BCUT2D eigenvalue weighted by atomic mass is 10.2. The Labute approximate surface area is 121 Å². The fourth-order valence-corrected chi connectivity index (χ4v) is 2.95. The molecule has 1 aromatic rings. The monoisotopic (exact) mass is 321 g/mol. The van der Waals surface area contributed by atoms with Gasteiger partial charge in [-0.3, -0.25) is 4.79 Å². The van der Waals surface area contributed by atoms with E-state index in [9.17, 15) is 17.6 Å². The number of ether oxygens (including phenoxy) is 2. The van der Waals surface area contributed by atoms with Gasteiger partial charge in [-0.2, -0.15) is 4.72 Å². The van der Waals surface area contributed by atoms with E-state index in [0.717, 1.165) is 12.1 Å². The second-order valence-corrected chi connectivity index (χ2v) is 5.74. The van der Waals surface area contributed by atoms with Crippen LogP contribution in [0.1, 0.15) is 13.3 Å². The molecule has 0 unspecified atom stereocenters. The molecule has 21 heavy (non-hydrogen) atoms. The first kappa shape index (κ1) is 17.2. The standard InChI is InChI=1S/C12H16FNO6S/c1-4-8(12(15)16)14-21(17,18)11-6-10(20-3)9(19-2)5-7(11)13/h5-6,8,14H,4H2,1-3H3,(H,15,16)/t8-/m1/s1. The van der Waals surface area contributed by atoms with Crippen LogP contribution in [0.15, 0.2) is 17.0 Å². The van der Waals surface area contributed by atoms with Gasteiger partial charge in [0.25, 0.3) is 0 Å². The number of carboxylic acids is 1. The van der Waals surface area contributed by atoms with Crippen LogP contribution in [0.25, 0.3) is 0 Å². The lowest BCUT2D eigenvalue weighted by Crippen LogP contribution is -2.40. The van der Waals surface area contributed by atoms with Crippen LogP contribution in [0.4, 0.5) is 4.39 Å². The molecule has 0 aromatic heterocycles. The van der Waals surface area contributed by atoms with Gasteiger partial charge in [-0.05, 0) is 6.42 Å². The minimum Gasteiger partial charge on any atom is -0.493 e. The van der Waals surface area contributed by atoms with Gasteiger partial charge in [-0.25, -0.2) is 12.8 Å². The topological polar surface area (TPSA) is 102 Å². The summed E-state index contributed by atoms with van der Waals surface area (Å²) in [5.41, 5.74) is 0. The number of aliphatic carboxylic acids is 1. The largest absolute Gasteiger partial charge is 0.493 e. The lowest BCUT2D eigenvalue weighted by Gasteiger charge is -2.15. The molecule has 0 saturated carbocycles. The number of nitrogens with one attached hydrogen (secondary N) is 1. The number of benzene rings is 1. The Morgan fingerprint density at radius 1 is 1.33 bits per heavy atom. The summed E-state index contributed by atoms with van der Waals surface area (Å²) in [6, 6.07) is 0.447. The van der Waals surface area contributed by atoms with E-state index in [-0.39, 0.29) is 17.9 Å². The summed E-state index contributed by atoms with van der Waals surface area (Å²) in [7, 11) is -1.80. The van der Waals surface area contributed by atoms with E-state index in [4.69, 9.17) is 14.6 Å². The second kappa shape index (κ2) is 6.72. The first-order valence-corrected chi connectivity index (χ1v) is 7.41. The zero-order chi connectivity index (χ0) is 16.2. The van der Waals surface area contributed by atoms with Gasteiger partial charge in [-0.15, -0.1) is 0 Å². The number of hydrogen-bond acceptors (Lipinski definition) is 5. The summed E-state index contributed by atoms with van der Waals surface area (Å²) < 4.78 is 49.8. The maximum absolute atomic E-state index is 13.9. The summed E-state index contributed by atoms with van der Waals surface area (Å²) in [5.74, 6) is -2.37. The van der Waals surface area contributed by atoms with Crippen LogP contribution in [-0.4, -0.2) is 39.8 Å². The first-order chi connectivity index (χ1) is 9.76. The predicted molar refractivity (Wildman–Crippen MR) is 71.5 cm³/mol. The van der Waals surface area contributed by atoms with Crippen molar-refractivity contribution in [1.82, 2.24) is 4.72 Å². The molecule has 0 aliphatic rings. The van der Waals surface area contributed by atoms with Crippen molar-refractivity contribution < 1.29 is 32.2 Å². The van der Waals surface area contributed by atoms with Gasteiger partial charge in [0.15, 0.2) is 11.5 Å². The highest BCUT2D eigenvalue weighted by atomic mass is 32.2. The maximum atomic E-state index is 13.9. The summed E-state index contributed by atoms with van der Waals surface area (Å²) in [4.78, 5) is 10.2.